The van der Waals surface area contributed by atoms with Crippen LogP contribution in [0.5, 0.6) is 0 Å². The van der Waals surface area contributed by atoms with Crippen molar-refractivity contribution >= 4 is 23.7 Å². The predicted molar refractivity (Wildman–Crippen MR) is 135 cm³/mol. The molecule has 3 fully saturated rings. The van der Waals surface area contributed by atoms with Crippen molar-refractivity contribution in [3.63, 3.8) is 0 Å². The number of ketones is 1. The number of hydrogen-bond acceptors (Lipinski definition) is 9. The van der Waals surface area contributed by atoms with Crippen LogP contribution in [0.3, 0.4) is 0 Å². The van der Waals surface area contributed by atoms with Crippen LogP contribution >= 0.6 is 0 Å². The third-order valence-corrected chi connectivity index (χ3v) is 9.29. The van der Waals surface area contributed by atoms with Gasteiger partial charge in [-0.25, -0.2) is 4.79 Å². The molecule has 10 unspecified atom stereocenters. The normalized spacial score (nSPS) is 43.4. The van der Waals surface area contributed by atoms with Crippen molar-refractivity contribution in [3.8, 4) is 0 Å². The van der Waals surface area contributed by atoms with Crippen LogP contribution in [0.1, 0.15) is 68.7 Å². The Morgan fingerprint density at radius 2 is 1.66 bits per heavy atom. The lowest BCUT2D eigenvalue weighted by Gasteiger charge is -2.28. The lowest BCUT2D eigenvalue weighted by Crippen LogP contribution is -2.43. The summed E-state index contributed by atoms with van der Waals surface area (Å²) in [6.45, 7) is 15.2. The first-order valence-electron chi connectivity index (χ1n) is 13.4. The average molecular weight is 533 g/mol. The molecule has 9 heteroatoms. The summed E-state index contributed by atoms with van der Waals surface area (Å²) in [5, 5.41) is 11.7. The van der Waals surface area contributed by atoms with Gasteiger partial charge in [-0.2, -0.15) is 0 Å². The number of aliphatic hydroxyl groups is 1. The quantitative estimate of drug-likeness (QED) is 0.191. The minimum absolute atomic E-state index is 0.204. The average Bonchev–Trinajstić information content (AvgIpc) is 3.62. The maximum atomic E-state index is 14.2. The van der Waals surface area contributed by atoms with Crippen LogP contribution in [0.15, 0.2) is 23.3 Å². The molecule has 1 saturated heterocycles. The van der Waals surface area contributed by atoms with E-state index in [4.69, 9.17) is 18.9 Å². The van der Waals surface area contributed by atoms with Gasteiger partial charge in [0.2, 0.25) is 0 Å². The lowest BCUT2D eigenvalue weighted by molar-refractivity contribution is -0.154. The van der Waals surface area contributed by atoms with E-state index in [0.717, 1.165) is 0 Å². The van der Waals surface area contributed by atoms with Gasteiger partial charge in [-0.1, -0.05) is 33.8 Å². The molecule has 1 heterocycles. The molecule has 1 N–H and O–H groups in total. The minimum atomic E-state index is -1.29. The topological polar surface area (TPSA) is 129 Å². The summed E-state index contributed by atoms with van der Waals surface area (Å²) in [5.41, 5.74) is -2.19. The van der Waals surface area contributed by atoms with Crippen LogP contribution in [0, 0.1) is 29.1 Å². The Morgan fingerprint density at radius 3 is 2.21 bits per heavy atom. The Kier molecular flexibility index (Phi) is 6.97. The van der Waals surface area contributed by atoms with Gasteiger partial charge in [0, 0.05) is 31.3 Å². The molecule has 10 atom stereocenters. The minimum Gasteiger partial charge on any atom is -0.461 e. The number of aliphatic hydroxyl groups excluding tert-OH is 1. The molecule has 0 aromatic rings. The molecule has 4 aliphatic rings. The highest BCUT2D eigenvalue weighted by Crippen LogP contribution is 2.68. The Balaban J connectivity index is 1.89. The smallest absolute Gasteiger partial charge is 0.334 e. The number of allylic oxidation sites excluding steroid dienone is 1. The molecule has 210 valence electrons. The maximum Gasteiger partial charge on any atom is 0.334 e. The van der Waals surface area contributed by atoms with Crippen LogP contribution in [0.2, 0.25) is 0 Å². The van der Waals surface area contributed by atoms with E-state index in [2.05, 4.69) is 0 Å². The van der Waals surface area contributed by atoms with Crippen molar-refractivity contribution < 1.29 is 43.2 Å². The number of Topliss-reactive ketones (excluding diaryl/α,β-unsaturated/α-hetero) is 1. The second-order valence-corrected chi connectivity index (χ2v) is 12.2. The van der Waals surface area contributed by atoms with Gasteiger partial charge < -0.3 is 24.1 Å². The summed E-state index contributed by atoms with van der Waals surface area (Å²) in [5.74, 6) is -3.56. The van der Waals surface area contributed by atoms with E-state index in [1.165, 1.54) is 13.8 Å². The molecule has 1 aliphatic heterocycles. The van der Waals surface area contributed by atoms with Gasteiger partial charge in [0.25, 0.3) is 0 Å². The Morgan fingerprint density at radius 1 is 1.05 bits per heavy atom. The van der Waals surface area contributed by atoms with Crippen molar-refractivity contribution in [2.24, 2.45) is 29.1 Å². The van der Waals surface area contributed by atoms with Gasteiger partial charge in [0.1, 0.15) is 18.3 Å². The van der Waals surface area contributed by atoms with Gasteiger partial charge in [-0.3, -0.25) is 14.4 Å². The van der Waals surface area contributed by atoms with E-state index in [0.29, 0.717) is 17.6 Å². The second-order valence-electron chi connectivity index (χ2n) is 12.2. The fourth-order valence-corrected chi connectivity index (χ4v) is 7.25. The SMILES string of the molecule is CC=C(C)C(=O)OC1C(C)=CC23OC2(CC(C)C3OC(C)=O)C(=O)C(C)C(OC(C)=O)C2C(C1O)C2(C)C. The number of esters is 3. The second kappa shape index (κ2) is 9.30. The molecule has 3 aliphatic carbocycles. The number of carbonyl (C=O) groups is 4. The van der Waals surface area contributed by atoms with Crippen LogP contribution in [0.4, 0.5) is 0 Å². The molecule has 0 aromatic heterocycles. The first kappa shape index (κ1) is 28.5. The molecule has 0 spiro atoms. The zero-order chi connectivity index (χ0) is 28.5. The summed E-state index contributed by atoms with van der Waals surface area (Å²) in [4.78, 5) is 51.3. The molecule has 0 aromatic carbocycles. The summed E-state index contributed by atoms with van der Waals surface area (Å²) in [6, 6.07) is 0. The van der Waals surface area contributed by atoms with Gasteiger partial charge in [-0.05, 0) is 50.2 Å². The highest BCUT2D eigenvalue weighted by molar-refractivity contribution is 5.96. The summed E-state index contributed by atoms with van der Waals surface area (Å²) < 4.78 is 23.6. The van der Waals surface area contributed by atoms with Crippen molar-refractivity contribution in [1.29, 1.82) is 0 Å². The molecular formula is C29H40O9. The molecule has 9 nitrogen and oxygen atoms in total. The number of hydrogen-bond donors (Lipinski definition) is 1. The molecule has 2 saturated carbocycles. The van der Waals surface area contributed by atoms with Crippen molar-refractivity contribution in [1.82, 2.24) is 0 Å². The molecule has 0 amide bonds. The number of epoxide rings is 1. The van der Waals surface area contributed by atoms with Crippen LogP contribution < -0.4 is 0 Å². The van der Waals surface area contributed by atoms with E-state index in [1.807, 2.05) is 20.8 Å². The Bertz CT molecular complexity index is 1120. The summed E-state index contributed by atoms with van der Waals surface area (Å²) in [6.07, 6.45) is -0.128. The zero-order valence-electron chi connectivity index (χ0n) is 23.7. The van der Waals surface area contributed by atoms with Crippen LogP contribution in [-0.4, -0.2) is 64.4 Å². The number of ether oxygens (including phenoxy) is 4. The highest BCUT2D eigenvalue weighted by atomic mass is 16.7. The number of fused-ring (bicyclic) bond motifs is 1. The first-order valence-corrected chi connectivity index (χ1v) is 13.4. The van der Waals surface area contributed by atoms with Gasteiger partial charge >= 0.3 is 17.9 Å². The fourth-order valence-electron chi connectivity index (χ4n) is 7.25. The highest BCUT2D eigenvalue weighted by Gasteiger charge is 2.84. The standard InChI is InChI=1S/C29H40O9/c1-10-13(2)26(34)37-22-14(3)11-29-25(36-18(7)31)15(4)12-28(29,38-29)24(33)16(5)23(35-17(6)30)20-19(21(22)32)27(20,8)9/h10-11,15-16,19-23,25,32H,12H2,1-9H3. The van der Waals surface area contributed by atoms with Gasteiger partial charge in [0.15, 0.2) is 17.0 Å². The van der Waals surface area contributed by atoms with E-state index >= 15 is 0 Å². The fraction of sp³-hybridized carbons (Fsp3) is 0.724. The summed E-state index contributed by atoms with van der Waals surface area (Å²) in [7, 11) is 0. The van der Waals surface area contributed by atoms with E-state index in [-0.39, 0.29) is 17.6 Å². The van der Waals surface area contributed by atoms with Crippen molar-refractivity contribution in [3.05, 3.63) is 23.3 Å². The van der Waals surface area contributed by atoms with Gasteiger partial charge in [0.05, 0.1) is 12.0 Å². The Labute approximate surface area is 223 Å². The van der Waals surface area contributed by atoms with Crippen molar-refractivity contribution in [2.45, 2.75) is 104 Å². The molecule has 38 heavy (non-hydrogen) atoms. The number of carbonyl (C=O) groups excluding carboxylic acids is 4. The monoisotopic (exact) mass is 532 g/mol. The molecule has 0 bridgehead atoms. The van der Waals surface area contributed by atoms with E-state index in [1.54, 1.807) is 39.8 Å². The third-order valence-electron chi connectivity index (χ3n) is 9.29. The van der Waals surface area contributed by atoms with E-state index in [9.17, 15) is 24.3 Å². The van der Waals surface area contributed by atoms with Crippen LogP contribution in [-0.2, 0) is 38.1 Å². The number of rotatable bonds is 4. The van der Waals surface area contributed by atoms with E-state index < -0.39 is 70.8 Å². The van der Waals surface area contributed by atoms with Gasteiger partial charge in [-0.15, -0.1) is 0 Å². The molecule has 4 rings (SSSR count). The Hall–Kier alpha value is -2.52. The maximum absolute atomic E-state index is 14.2. The zero-order valence-corrected chi connectivity index (χ0v) is 23.7. The third kappa shape index (κ3) is 4.13. The lowest BCUT2D eigenvalue weighted by atomic mass is 9.80. The first-order chi connectivity index (χ1) is 17.6. The predicted octanol–water partition coefficient (Wildman–Crippen LogP) is 3.07. The molecule has 0 radical (unpaired) electrons. The summed E-state index contributed by atoms with van der Waals surface area (Å²) >= 11 is 0. The molecular weight excluding hydrogens is 492 g/mol. The van der Waals surface area contributed by atoms with Crippen LogP contribution in [0.25, 0.3) is 0 Å². The largest absolute Gasteiger partial charge is 0.461 e. The van der Waals surface area contributed by atoms with Crippen molar-refractivity contribution in [2.75, 3.05) is 0 Å².